The number of carboxylic acids is 1. The second kappa shape index (κ2) is 4.28. The molecule has 1 aliphatic carbocycles. The van der Waals surface area contributed by atoms with Crippen molar-refractivity contribution in [3.63, 3.8) is 0 Å². The zero-order valence-corrected chi connectivity index (χ0v) is 10.9. The highest BCUT2D eigenvalue weighted by atomic mass is 32.2. The number of halogens is 1. The summed E-state index contributed by atoms with van der Waals surface area (Å²) in [6.07, 6.45) is 0.921. The van der Waals surface area contributed by atoms with Crippen LogP contribution in [-0.4, -0.2) is 42.7 Å². The van der Waals surface area contributed by atoms with E-state index in [1.54, 1.807) is 0 Å². The van der Waals surface area contributed by atoms with Crippen molar-refractivity contribution in [2.45, 2.75) is 11.2 Å². The smallest absolute Gasteiger partial charge is 0.314 e. The maximum atomic E-state index is 13.2. The Bertz CT molecular complexity index is 627. The van der Waals surface area contributed by atoms with Gasteiger partial charge in [-0.1, -0.05) is 12.1 Å². The zero-order chi connectivity index (χ0) is 14.4. The van der Waals surface area contributed by atoms with Gasteiger partial charge in [0.2, 0.25) is 0 Å². The van der Waals surface area contributed by atoms with E-state index in [1.807, 2.05) is 0 Å². The number of aliphatic hydroxyl groups excluding tert-OH is 1. The Morgan fingerprint density at radius 2 is 2.11 bits per heavy atom. The average Bonchev–Trinajstić information content (AvgIpc) is 2.99. The summed E-state index contributed by atoms with van der Waals surface area (Å²) >= 11 is 0. The topological polar surface area (TPSA) is 91.7 Å². The van der Waals surface area contributed by atoms with Crippen LogP contribution >= 0.6 is 0 Å². The summed E-state index contributed by atoms with van der Waals surface area (Å²) in [4.78, 5) is 11.3. The number of aliphatic carboxylic acids is 1. The van der Waals surface area contributed by atoms with Crippen LogP contribution in [0, 0.1) is 11.2 Å². The SMILES string of the molecule is CS(=O)(=O)[C@@H]1[C@H](c2cccc(F)c2)[C@@]1(CO)C(=O)O. The van der Waals surface area contributed by atoms with E-state index in [-0.39, 0.29) is 5.56 Å². The molecule has 1 aliphatic rings. The minimum Gasteiger partial charge on any atom is -0.481 e. The van der Waals surface area contributed by atoms with Crippen LogP contribution in [0.1, 0.15) is 11.5 Å². The van der Waals surface area contributed by atoms with Gasteiger partial charge in [0.25, 0.3) is 0 Å². The van der Waals surface area contributed by atoms with Crippen LogP contribution in [0.25, 0.3) is 0 Å². The van der Waals surface area contributed by atoms with E-state index in [4.69, 9.17) is 0 Å². The predicted octanol–water partition coefficient (Wildman–Crippen LogP) is 0.399. The van der Waals surface area contributed by atoms with Gasteiger partial charge in [-0.25, -0.2) is 12.8 Å². The minimum atomic E-state index is -3.67. The van der Waals surface area contributed by atoms with Gasteiger partial charge in [0.1, 0.15) is 11.2 Å². The lowest BCUT2D eigenvalue weighted by Gasteiger charge is -2.08. The lowest BCUT2D eigenvalue weighted by atomic mass is 10.00. The van der Waals surface area contributed by atoms with Gasteiger partial charge < -0.3 is 10.2 Å². The molecule has 0 aromatic heterocycles. The molecule has 0 spiro atoms. The highest BCUT2D eigenvalue weighted by Crippen LogP contribution is 2.62. The summed E-state index contributed by atoms with van der Waals surface area (Å²) in [6.45, 7) is -0.804. The van der Waals surface area contributed by atoms with E-state index in [0.717, 1.165) is 12.3 Å². The summed E-state index contributed by atoms with van der Waals surface area (Å²) in [7, 11) is -3.67. The third-order valence-corrected chi connectivity index (χ3v) is 5.20. The van der Waals surface area contributed by atoms with Crippen LogP contribution in [0.4, 0.5) is 4.39 Å². The van der Waals surface area contributed by atoms with Crippen LogP contribution in [-0.2, 0) is 14.6 Å². The lowest BCUT2D eigenvalue weighted by Crippen LogP contribution is -2.27. The molecule has 0 heterocycles. The lowest BCUT2D eigenvalue weighted by molar-refractivity contribution is -0.145. The molecular formula is C12H13FO5S. The Balaban J connectivity index is 2.53. The second-order valence-electron chi connectivity index (χ2n) is 4.79. The molecule has 0 bridgehead atoms. The maximum Gasteiger partial charge on any atom is 0.314 e. The number of hydrogen-bond donors (Lipinski definition) is 2. The molecular weight excluding hydrogens is 275 g/mol. The second-order valence-corrected chi connectivity index (χ2v) is 6.95. The summed E-state index contributed by atoms with van der Waals surface area (Å²) in [5.41, 5.74) is -1.51. The highest BCUT2D eigenvalue weighted by molar-refractivity contribution is 7.91. The molecule has 5 nitrogen and oxygen atoms in total. The largest absolute Gasteiger partial charge is 0.481 e. The first-order valence-electron chi connectivity index (χ1n) is 5.53. The first-order valence-corrected chi connectivity index (χ1v) is 7.49. The van der Waals surface area contributed by atoms with Gasteiger partial charge in [-0.05, 0) is 17.7 Å². The Morgan fingerprint density at radius 1 is 1.47 bits per heavy atom. The summed E-state index contributed by atoms with van der Waals surface area (Å²) in [5.74, 6) is -2.89. The number of rotatable bonds is 4. The fourth-order valence-electron chi connectivity index (χ4n) is 2.72. The molecule has 2 N–H and O–H groups in total. The van der Waals surface area contributed by atoms with Crippen LogP contribution in [0.5, 0.6) is 0 Å². The van der Waals surface area contributed by atoms with Gasteiger partial charge in [0.05, 0.1) is 11.9 Å². The molecule has 2 rings (SSSR count). The van der Waals surface area contributed by atoms with Gasteiger partial charge in [0.15, 0.2) is 9.84 Å². The Hall–Kier alpha value is -1.47. The van der Waals surface area contributed by atoms with Crippen LogP contribution < -0.4 is 0 Å². The van der Waals surface area contributed by atoms with E-state index in [1.165, 1.54) is 18.2 Å². The fraction of sp³-hybridized carbons (Fsp3) is 0.417. The molecule has 1 aromatic carbocycles. The van der Waals surface area contributed by atoms with Crippen molar-refractivity contribution >= 4 is 15.8 Å². The number of benzene rings is 1. The Morgan fingerprint density at radius 3 is 2.47 bits per heavy atom. The number of carboxylic acid groups (broad SMARTS) is 1. The van der Waals surface area contributed by atoms with Crippen molar-refractivity contribution in [1.82, 2.24) is 0 Å². The fourth-order valence-corrected chi connectivity index (χ4v) is 4.62. The molecule has 0 unspecified atom stereocenters. The highest BCUT2D eigenvalue weighted by Gasteiger charge is 2.74. The monoisotopic (exact) mass is 288 g/mol. The van der Waals surface area contributed by atoms with E-state index < -0.39 is 44.8 Å². The first-order chi connectivity index (χ1) is 8.75. The molecule has 0 saturated heterocycles. The van der Waals surface area contributed by atoms with E-state index in [2.05, 4.69) is 0 Å². The van der Waals surface area contributed by atoms with Crippen molar-refractivity contribution < 1.29 is 27.8 Å². The van der Waals surface area contributed by atoms with Gasteiger partial charge in [-0.2, -0.15) is 0 Å². The number of aliphatic hydroxyl groups is 1. The molecule has 0 amide bonds. The van der Waals surface area contributed by atoms with Crippen LogP contribution in [0.2, 0.25) is 0 Å². The number of carbonyl (C=O) groups is 1. The molecule has 0 radical (unpaired) electrons. The Kier molecular flexibility index (Phi) is 3.14. The summed E-state index contributed by atoms with van der Waals surface area (Å²) < 4.78 is 36.5. The zero-order valence-electron chi connectivity index (χ0n) is 10.1. The summed E-state index contributed by atoms with van der Waals surface area (Å²) in [6, 6.07) is 5.13. The molecule has 19 heavy (non-hydrogen) atoms. The number of sulfone groups is 1. The van der Waals surface area contributed by atoms with Crippen molar-refractivity contribution in [2.75, 3.05) is 12.9 Å². The summed E-state index contributed by atoms with van der Waals surface area (Å²) in [5, 5.41) is 17.3. The van der Waals surface area contributed by atoms with Crippen molar-refractivity contribution in [2.24, 2.45) is 5.41 Å². The van der Waals surface area contributed by atoms with E-state index in [0.29, 0.717) is 0 Å². The molecule has 0 aliphatic heterocycles. The third-order valence-electron chi connectivity index (χ3n) is 3.59. The van der Waals surface area contributed by atoms with Crippen LogP contribution in [0.15, 0.2) is 24.3 Å². The van der Waals surface area contributed by atoms with Gasteiger partial charge in [0, 0.05) is 12.2 Å². The van der Waals surface area contributed by atoms with Gasteiger partial charge >= 0.3 is 5.97 Å². The molecule has 1 fully saturated rings. The molecule has 1 saturated carbocycles. The molecule has 104 valence electrons. The number of hydrogen-bond acceptors (Lipinski definition) is 4. The maximum absolute atomic E-state index is 13.2. The van der Waals surface area contributed by atoms with Crippen LogP contribution in [0.3, 0.4) is 0 Å². The standard InChI is InChI=1S/C12H13FO5S/c1-19(17,18)10-9(12(10,6-14)11(15)16)7-3-2-4-8(13)5-7/h2-5,9-10,14H,6H2,1H3,(H,15,16)/t9-,10+,12+/m0/s1. The van der Waals surface area contributed by atoms with Crippen molar-refractivity contribution in [3.05, 3.63) is 35.6 Å². The van der Waals surface area contributed by atoms with E-state index >= 15 is 0 Å². The molecule has 3 atom stereocenters. The third kappa shape index (κ3) is 2.02. The predicted molar refractivity (Wildman–Crippen MR) is 64.9 cm³/mol. The quantitative estimate of drug-likeness (QED) is 0.836. The van der Waals surface area contributed by atoms with Gasteiger partial charge in [-0.3, -0.25) is 4.79 Å². The van der Waals surface area contributed by atoms with E-state index in [9.17, 15) is 27.8 Å². The van der Waals surface area contributed by atoms with Gasteiger partial charge in [-0.15, -0.1) is 0 Å². The minimum absolute atomic E-state index is 0.270. The molecule has 7 heteroatoms. The molecule has 1 aromatic rings. The normalized spacial score (nSPS) is 30.1. The average molecular weight is 288 g/mol. The van der Waals surface area contributed by atoms with Crippen molar-refractivity contribution in [3.8, 4) is 0 Å². The Labute approximate surface area is 109 Å². The first kappa shape index (κ1) is 14.0. The van der Waals surface area contributed by atoms with Crippen molar-refractivity contribution in [1.29, 1.82) is 0 Å².